The Balaban J connectivity index is 1.95. The average molecular weight is 184 g/mol. The van der Waals surface area contributed by atoms with Crippen LogP contribution < -0.4 is 11.1 Å². The summed E-state index contributed by atoms with van der Waals surface area (Å²) < 4.78 is 5.13. The van der Waals surface area contributed by atoms with Crippen molar-refractivity contribution in [3.63, 3.8) is 0 Å². The van der Waals surface area contributed by atoms with Gasteiger partial charge in [-0.3, -0.25) is 4.79 Å². The Hall–Kier alpha value is -0.610. The predicted molar refractivity (Wildman–Crippen MR) is 48.1 cm³/mol. The number of amides is 1. The molecule has 3 N–H and O–H groups in total. The summed E-state index contributed by atoms with van der Waals surface area (Å²) in [5, 5.41) is 2.97. The first kappa shape index (κ1) is 8.97. The quantitative estimate of drug-likeness (QED) is 0.623. The SMILES string of the molecule is CC1(NC(=O)C2(N)CCOC2)CC1. The lowest BCUT2D eigenvalue weighted by Crippen LogP contribution is -2.56. The number of nitrogens with two attached hydrogens (primary N) is 1. The minimum Gasteiger partial charge on any atom is -0.379 e. The van der Waals surface area contributed by atoms with Crippen molar-refractivity contribution in [2.75, 3.05) is 13.2 Å². The zero-order valence-corrected chi connectivity index (χ0v) is 7.93. The van der Waals surface area contributed by atoms with Gasteiger partial charge in [-0.25, -0.2) is 0 Å². The number of carbonyl (C=O) groups is 1. The maximum atomic E-state index is 11.7. The van der Waals surface area contributed by atoms with E-state index in [0.717, 1.165) is 12.8 Å². The largest absolute Gasteiger partial charge is 0.379 e. The predicted octanol–water partition coefficient (Wildman–Crippen LogP) is -0.227. The zero-order valence-electron chi connectivity index (χ0n) is 7.93. The topological polar surface area (TPSA) is 64.4 Å². The summed E-state index contributed by atoms with van der Waals surface area (Å²) >= 11 is 0. The van der Waals surface area contributed by atoms with E-state index in [1.165, 1.54) is 0 Å². The van der Waals surface area contributed by atoms with Crippen molar-refractivity contribution < 1.29 is 9.53 Å². The molecule has 0 aromatic carbocycles. The smallest absolute Gasteiger partial charge is 0.242 e. The fraction of sp³-hybridized carbons (Fsp3) is 0.889. The van der Waals surface area contributed by atoms with Crippen LogP contribution in [0.2, 0.25) is 0 Å². The number of hydrogen-bond donors (Lipinski definition) is 2. The molecule has 1 unspecified atom stereocenters. The van der Waals surface area contributed by atoms with E-state index >= 15 is 0 Å². The molecule has 2 aliphatic rings. The maximum absolute atomic E-state index is 11.7. The fourth-order valence-electron chi connectivity index (χ4n) is 1.47. The number of hydrogen-bond acceptors (Lipinski definition) is 3. The summed E-state index contributed by atoms with van der Waals surface area (Å²) in [6, 6.07) is 0. The molecule has 0 aromatic rings. The first-order valence-corrected chi connectivity index (χ1v) is 4.73. The zero-order chi connectivity index (χ0) is 9.53. The molecule has 2 fully saturated rings. The van der Waals surface area contributed by atoms with Crippen LogP contribution in [0.15, 0.2) is 0 Å². The summed E-state index contributed by atoms with van der Waals surface area (Å²) in [5.74, 6) is -0.0509. The Bertz CT molecular complexity index is 230. The minimum absolute atomic E-state index is 0.0199. The number of rotatable bonds is 2. The van der Waals surface area contributed by atoms with Gasteiger partial charge in [0.2, 0.25) is 5.91 Å². The van der Waals surface area contributed by atoms with Crippen LogP contribution in [0, 0.1) is 0 Å². The third kappa shape index (κ3) is 1.69. The van der Waals surface area contributed by atoms with Gasteiger partial charge in [-0.05, 0) is 26.2 Å². The summed E-state index contributed by atoms with van der Waals surface area (Å²) in [6.07, 6.45) is 2.76. The maximum Gasteiger partial charge on any atom is 0.242 e. The summed E-state index contributed by atoms with van der Waals surface area (Å²) in [5.41, 5.74) is 5.15. The van der Waals surface area contributed by atoms with Crippen molar-refractivity contribution in [2.45, 2.75) is 37.3 Å². The van der Waals surface area contributed by atoms with E-state index in [1.54, 1.807) is 0 Å². The highest BCUT2D eigenvalue weighted by molar-refractivity contribution is 5.87. The van der Waals surface area contributed by atoms with Gasteiger partial charge in [0.15, 0.2) is 0 Å². The van der Waals surface area contributed by atoms with Gasteiger partial charge in [0.25, 0.3) is 0 Å². The van der Waals surface area contributed by atoms with Crippen molar-refractivity contribution >= 4 is 5.91 Å². The molecular weight excluding hydrogens is 168 g/mol. The van der Waals surface area contributed by atoms with Crippen molar-refractivity contribution in [1.29, 1.82) is 0 Å². The van der Waals surface area contributed by atoms with E-state index in [-0.39, 0.29) is 11.4 Å². The molecule has 2 rings (SSSR count). The number of ether oxygens (including phenoxy) is 1. The molecule has 4 nitrogen and oxygen atoms in total. The third-order valence-electron chi connectivity index (χ3n) is 2.92. The Kier molecular flexibility index (Phi) is 1.85. The van der Waals surface area contributed by atoms with Gasteiger partial charge in [0, 0.05) is 12.1 Å². The molecule has 0 radical (unpaired) electrons. The molecule has 1 amide bonds. The molecule has 1 saturated heterocycles. The van der Waals surface area contributed by atoms with Crippen LogP contribution in [0.5, 0.6) is 0 Å². The van der Waals surface area contributed by atoms with Crippen LogP contribution in [0.3, 0.4) is 0 Å². The molecule has 0 aromatic heterocycles. The Morgan fingerprint density at radius 1 is 1.46 bits per heavy atom. The van der Waals surface area contributed by atoms with Crippen LogP contribution in [0.25, 0.3) is 0 Å². The van der Waals surface area contributed by atoms with E-state index in [2.05, 4.69) is 5.32 Å². The number of nitrogens with one attached hydrogen (secondary N) is 1. The second-order valence-electron chi connectivity index (χ2n) is 4.47. The molecule has 0 bridgehead atoms. The Morgan fingerprint density at radius 2 is 2.15 bits per heavy atom. The minimum atomic E-state index is -0.772. The lowest BCUT2D eigenvalue weighted by molar-refractivity contribution is -0.127. The third-order valence-corrected chi connectivity index (χ3v) is 2.92. The Morgan fingerprint density at radius 3 is 2.62 bits per heavy atom. The normalized spacial score (nSPS) is 35.8. The van der Waals surface area contributed by atoms with Crippen molar-refractivity contribution in [3.05, 3.63) is 0 Å². The lowest BCUT2D eigenvalue weighted by Gasteiger charge is -2.23. The van der Waals surface area contributed by atoms with E-state index in [4.69, 9.17) is 10.5 Å². The van der Waals surface area contributed by atoms with Gasteiger partial charge in [-0.1, -0.05) is 0 Å². The van der Waals surface area contributed by atoms with E-state index in [0.29, 0.717) is 19.6 Å². The van der Waals surface area contributed by atoms with E-state index < -0.39 is 5.54 Å². The highest BCUT2D eigenvalue weighted by Gasteiger charge is 2.45. The monoisotopic (exact) mass is 184 g/mol. The highest BCUT2D eigenvalue weighted by atomic mass is 16.5. The highest BCUT2D eigenvalue weighted by Crippen LogP contribution is 2.35. The second-order valence-corrected chi connectivity index (χ2v) is 4.47. The van der Waals surface area contributed by atoms with E-state index in [9.17, 15) is 4.79 Å². The number of carbonyl (C=O) groups excluding carboxylic acids is 1. The lowest BCUT2D eigenvalue weighted by atomic mass is 9.99. The van der Waals surface area contributed by atoms with Gasteiger partial charge in [-0.2, -0.15) is 0 Å². The van der Waals surface area contributed by atoms with Crippen LogP contribution in [0.1, 0.15) is 26.2 Å². The first-order chi connectivity index (χ1) is 6.04. The van der Waals surface area contributed by atoms with Crippen LogP contribution >= 0.6 is 0 Å². The van der Waals surface area contributed by atoms with Gasteiger partial charge < -0.3 is 15.8 Å². The van der Waals surface area contributed by atoms with Crippen LogP contribution in [-0.4, -0.2) is 30.2 Å². The van der Waals surface area contributed by atoms with Crippen molar-refractivity contribution in [1.82, 2.24) is 5.32 Å². The van der Waals surface area contributed by atoms with Gasteiger partial charge >= 0.3 is 0 Å². The molecule has 1 saturated carbocycles. The van der Waals surface area contributed by atoms with Crippen molar-refractivity contribution in [2.24, 2.45) is 5.73 Å². The first-order valence-electron chi connectivity index (χ1n) is 4.73. The molecule has 0 spiro atoms. The molecule has 4 heteroatoms. The average Bonchev–Trinajstić information content (AvgIpc) is 2.63. The standard InChI is InChI=1S/C9H16N2O2/c1-8(2-3-8)11-7(12)9(10)4-5-13-6-9/h2-6,10H2,1H3,(H,11,12). The second kappa shape index (κ2) is 2.69. The molecule has 1 atom stereocenters. The summed E-state index contributed by atoms with van der Waals surface area (Å²) in [6.45, 7) is 3.00. The molecule has 1 heterocycles. The van der Waals surface area contributed by atoms with Crippen LogP contribution in [0.4, 0.5) is 0 Å². The van der Waals surface area contributed by atoms with Gasteiger partial charge in [0.1, 0.15) is 5.54 Å². The van der Waals surface area contributed by atoms with E-state index in [1.807, 2.05) is 6.92 Å². The van der Waals surface area contributed by atoms with Gasteiger partial charge in [0.05, 0.1) is 6.61 Å². The summed E-state index contributed by atoms with van der Waals surface area (Å²) in [7, 11) is 0. The van der Waals surface area contributed by atoms with Gasteiger partial charge in [-0.15, -0.1) is 0 Å². The molecule has 74 valence electrons. The molecule has 1 aliphatic heterocycles. The molecular formula is C9H16N2O2. The van der Waals surface area contributed by atoms with Crippen LogP contribution in [-0.2, 0) is 9.53 Å². The molecule has 13 heavy (non-hydrogen) atoms. The van der Waals surface area contributed by atoms with Crippen molar-refractivity contribution in [3.8, 4) is 0 Å². The Labute approximate surface area is 77.8 Å². The fourth-order valence-corrected chi connectivity index (χ4v) is 1.47. The molecule has 1 aliphatic carbocycles. The summed E-state index contributed by atoms with van der Waals surface area (Å²) in [4.78, 5) is 11.7.